The number of morpholine rings is 1. The van der Waals surface area contributed by atoms with Crippen LogP contribution in [0.1, 0.15) is 40.5 Å². The van der Waals surface area contributed by atoms with Crippen LogP contribution in [0.4, 0.5) is 10.5 Å². The lowest BCUT2D eigenvalue weighted by Gasteiger charge is -2.38. The molecule has 0 atom stereocenters. The summed E-state index contributed by atoms with van der Waals surface area (Å²) in [6, 6.07) is 5.27. The molecule has 1 aromatic carbocycles. The minimum absolute atomic E-state index is 0.126. The Kier molecular flexibility index (Phi) is 5.44. The van der Waals surface area contributed by atoms with E-state index in [-0.39, 0.29) is 17.0 Å². The highest BCUT2D eigenvalue weighted by Crippen LogP contribution is 2.27. The van der Waals surface area contributed by atoms with E-state index < -0.39 is 0 Å². The van der Waals surface area contributed by atoms with E-state index in [0.29, 0.717) is 18.1 Å². The van der Waals surface area contributed by atoms with Gasteiger partial charge in [-0.1, -0.05) is 20.8 Å². The van der Waals surface area contributed by atoms with Gasteiger partial charge in [-0.2, -0.15) is 0 Å². The number of hydrogen-bond donors (Lipinski definition) is 2. The van der Waals surface area contributed by atoms with Crippen molar-refractivity contribution in [2.75, 3.05) is 38.1 Å². The van der Waals surface area contributed by atoms with Gasteiger partial charge in [0.15, 0.2) is 5.58 Å². The van der Waals surface area contributed by atoms with Gasteiger partial charge in [0.05, 0.1) is 12.2 Å². The Bertz CT molecular complexity index is 807. The second-order valence-corrected chi connectivity index (χ2v) is 8.72. The number of urea groups is 1. The number of carbonyl (C=O) groups is 1. The zero-order valence-corrected chi connectivity index (χ0v) is 16.9. The Balaban J connectivity index is 1.52. The van der Waals surface area contributed by atoms with Crippen molar-refractivity contribution in [2.45, 2.75) is 45.6 Å². The van der Waals surface area contributed by atoms with Crippen LogP contribution < -0.4 is 10.6 Å². The molecule has 1 fully saturated rings. The third kappa shape index (κ3) is 5.20. The summed E-state index contributed by atoms with van der Waals surface area (Å²) in [6.07, 6.45) is 0. The number of aromatic nitrogens is 1. The zero-order valence-electron chi connectivity index (χ0n) is 16.9. The fraction of sp³-hybridized carbons (Fsp3) is 0.600. The van der Waals surface area contributed by atoms with Gasteiger partial charge in [0.25, 0.3) is 0 Å². The highest BCUT2D eigenvalue weighted by molar-refractivity contribution is 5.91. The van der Waals surface area contributed by atoms with Crippen LogP contribution in [0.25, 0.3) is 11.1 Å². The van der Waals surface area contributed by atoms with Gasteiger partial charge in [0, 0.05) is 37.3 Å². The predicted molar refractivity (Wildman–Crippen MR) is 106 cm³/mol. The van der Waals surface area contributed by atoms with Crippen molar-refractivity contribution in [3.05, 3.63) is 24.1 Å². The number of benzene rings is 1. The lowest BCUT2D eigenvalue weighted by molar-refractivity contribution is -0.0852. The highest BCUT2D eigenvalue weighted by Gasteiger charge is 2.26. The van der Waals surface area contributed by atoms with Gasteiger partial charge in [0.2, 0.25) is 5.89 Å². The Morgan fingerprint density at radius 1 is 1.33 bits per heavy atom. The number of rotatable bonds is 4. The molecule has 1 aliphatic rings. The normalized spacial score (nSPS) is 17.8. The van der Waals surface area contributed by atoms with Gasteiger partial charge >= 0.3 is 6.03 Å². The molecule has 0 saturated carbocycles. The fourth-order valence-corrected chi connectivity index (χ4v) is 3.13. The van der Waals surface area contributed by atoms with E-state index in [1.807, 2.05) is 18.2 Å². The van der Waals surface area contributed by atoms with Crippen LogP contribution in [0.5, 0.6) is 0 Å². The third-order valence-electron chi connectivity index (χ3n) is 4.51. The summed E-state index contributed by atoms with van der Waals surface area (Å²) < 4.78 is 11.5. The minimum Gasteiger partial charge on any atom is -0.440 e. The number of hydrogen-bond acceptors (Lipinski definition) is 5. The summed E-state index contributed by atoms with van der Waals surface area (Å²) in [5.74, 6) is 0.688. The molecular formula is C20H30N4O3. The van der Waals surface area contributed by atoms with Crippen LogP contribution in [0.2, 0.25) is 0 Å². The molecule has 2 N–H and O–H groups in total. The van der Waals surface area contributed by atoms with E-state index in [9.17, 15) is 4.79 Å². The number of carbonyl (C=O) groups excluding carboxylic acids is 1. The van der Waals surface area contributed by atoms with Crippen LogP contribution in [0.15, 0.2) is 22.6 Å². The largest absolute Gasteiger partial charge is 0.440 e. The summed E-state index contributed by atoms with van der Waals surface area (Å²) in [5.41, 5.74) is 1.88. The van der Waals surface area contributed by atoms with Gasteiger partial charge < -0.3 is 19.8 Å². The van der Waals surface area contributed by atoms with Crippen molar-refractivity contribution < 1.29 is 13.9 Å². The lowest BCUT2D eigenvalue weighted by atomic mass is 9.97. The minimum atomic E-state index is -0.221. The highest BCUT2D eigenvalue weighted by atomic mass is 16.5. The van der Waals surface area contributed by atoms with Gasteiger partial charge in [-0.3, -0.25) is 4.90 Å². The molecule has 2 amide bonds. The Hall–Kier alpha value is -2.12. The van der Waals surface area contributed by atoms with E-state index >= 15 is 0 Å². The van der Waals surface area contributed by atoms with E-state index in [1.165, 1.54) is 0 Å². The molecule has 1 saturated heterocycles. The van der Waals surface area contributed by atoms with E-state index in [4.69, 9.17) is 9.15 Å². The molecule has 3 rings (SSSR count). The first kappa shape index (κ1) is 19.6. The predicted octanol–water partition coefficient (Wildman–Crippen LogP) is 3.36. The lowest BCUT2D eigenvalue weighted by Crippen LogP contribution is -2.50. The van der Waals surface area contributed by atoms with Crippen molar-refractivity contribution in [3.8, 4) is 0 Å². The van der Waals surface area contributed by atoms with E-state index in [1.54, 1.807) is 0 Å². The molecule has 2 heterocycles. The number of nitrogens with one attached hydrogen (secondary N) is 2. The molecule has 148 valence electrons. The first-order valence-electron chi connectivity index (χ1n) is 9.45. The third-order valence-corrected chi connectivity index (χ3v) is 4.51. The maximum Gasteiger partial charge on any atom is 0.319 e. The maximum atomic E-state index is 12.2. The zero-order chi connectivity index (χ0) is 19.7. The molecule has 0 bridgehead atoms. The quantitative estimate of drug-likeness (QED) is 0.858. The number of amides is 2. The van der Waals surface area contributed by atoms with Crippen LogP contribution in [0, 0.1) is 0 Å². The van der Waals surface area contributed by atoms with Crippen LogP contribution in [0.3, 0.4) is 0 Å². The van der Waals surface area contributed by atoms with Gasteiger partial charge in [-0.05, 0) is 32.0 Å². The molecule has 0 aliphatic carbocycles. The first-order chi connectivity index (χ1) is 12.6. The number of anilines is 1. The molecule has 7 heteroatoms. The molecular weight excluding hydrogens is 344 g/mol. The average molecular weight is 374 g/mol. The SMILES string of the molecule is CC1(C)CN(CCNC(=O)Nc2ccc3oc(C(C)(C)C)nc3c2)CCO1. The van der Waals surface area contributed by atoms with Crippen molar-refractivity contribution in [1.82, 2.24) is 15.2 Å². The number of fused-ring (bicyclic) bond motifs is 1. The standard InChI is InChI=1S/C20H30N4O3/c1-19(2,3)17-23-15-12-14(6-7-16(15)27-17)22-18(25)21-8-9-24-10-11-26-20(4,5)13-24/h6-7,12H,8-11,13H2,1-5H3,(H2,21,22,25). The van der Waals surface area contributed by atoms with Gasteiger partial charge in [0.1, 0.15) is 5.52 Å². The molecule has 2 aromatic rings. The number of nitrogens with zero attached hydrogens (tertiary/aromatic N) is 2. The summed E-state index contributed by atoms with van der Waals surface area (Å²) in [5, 5.41) is 5.77. The fourth-order valence-electron chi connectivity index (χ4n) is 3.13. The summed E-state index contributed by atoms with van der Waals surface area (Å²) in [4.78, 5) is 19.0. The van der Waals surface area contributed by atoms with Gasteiger partial charge in [-0.15, -0.1) is 0 Å². The molecule has 1 aliphatic heterocycles. The molecule has 1 aromatic heterocycles. The second-order valence-electron chi connectivity index (χ2n) is 8.72. The maximum absolute atomic E-state index is 12.2. The van der Waals surface area contributed by atoms with E-state index in [2.05, 4.69) is 55.1 Å². The van der Waals surface area contributed by atoms with Crippen LogP contribution in [-0.2, 0) is 10.2 Å². The van der Waals surface area contributed by atoms with Crippen LogP contribution >= 0.6 is 0 Å². The number of ether oxygens (including phenoxy) is 1. The van der Waals surface area contributed by atoms with Crippen molar-refractivity contribution in [2.24, 2.45) is 0 Å². The van der Waals surface area contributed by atoms with E-state index in [0.717, 1.165) is 37.3 Å². The molecule has 0 radical (unpaired) electrons. The number of oxazole rings is 1. The summed E-state index contributed by atoms with van der Waals surface area (Å²) in [6.45, 7) is 14.2. The average Bonchev–Trinajstić information content (AvgIpc) is 2.97. The molecule has 0 unspecified atom stereocenters. The van der Waals surface area contributed by atoms with Gasteiger partial charge in [-0.25, -0.2) is 9.78 Å². The molecule has 27 heavy (non-hydrogen) atoms. The second kappa shape index (κ2) is 7.48. The van der Waals surface area contributed by atoms with Crippen LogP contribution in [-0.4, -0.2) is 54.3 Å². The first-order valence-corrected chi connectivity index (χ1v) is 9.45. The van der Waals surface area contributed by atoms with Crippen molar-refractivity contribution >= 4 is 22.8 Å². The molecule has 7 nitrogen and oxygen atoms in total. The Labute approximate surface area is 160 Å². The summed E-state index contributed by atoms with van der Waals surface area (Å²) in [7, 11) is 0. The topological polar surface area (TPSA) is 79.6 Å². The van der Waals surface area contributed by atoms with Crippen molar-refractivity contribution in [3.63, 3.8) is 0 Å². The molecule has 0 spiro atoms. The summed E-state index contributed by atoms with van der Waals surface area (Å²) >= 11 is 0. The smallest absolute Gasteiger partial charge is 0.319 e. The Morgan fingerprint density at radius 2 is 2.11 bits per heavy atom. The van der Waals surface area contributed by atoms with Crippen molar-refractivity contribution in [1.29, 1.82) is 0 Å². The monoisotopic (exact) mass is 374 g/mol. The Morgan fingerprint density at radius 3 is 2.81 bits per heavy atom.